The van der Waals surface area contributed by atoms with Crippen LogP contribution in [0.1, 0.15) is 102 Å². The molecule has 4 aromatic rings. The maximum atomic E-state index is 13.9. The number of rotatable bonds is 10. The third kappa shape index (κ3) is 10.6. The van der Waals surface area contributed by atoms with E-state index in [0.29, 0.717) is 21.5 Å². The Bertz CT molecular complexity index is 1690. The van der Waals surface area contributed by atoms with Crippen LogP contribution in [0.25, 0.3) is 31.2 Å². The molecule has 48 heavy (non-hydrogen) atoms. The number of thiophene rings is 1. The molecule has 0 atom stereocenters. The van der Waals surface area contributed by atoms with Gasteiger partial charge in [-0.25, -0.2) is 4.98 Å². The number of carbonyl (C=O) groups excluding carboxylic acids is 1. The maximum Gasteiger partial charge on any atom is 0.418 e. The van der Waals surface area contributed by atoms with Crippen LogP contribution in [0.2, 0.25) is 0 Å². The topological polar surface area (TPSA) is 63.1 Å². The van der Waals surface area contributed by atoms with Crippen molar-refractivity contribution >= 4 is 38.5 Å². The number of nitrogens with zero attached hydrogens (tertiary/aromatic N) is 2. The summed E-state index contributed by atoms with van der Waals surface area (Å²) in [5.74, 6) is 0.547. The zero-order valence-electron chi connectivity index (χ0n) is 29.6. The number of pyridine rings is 1. The van der Waals surface area contributed by atoms with E-state index in [1.165, 1.54) is 28.7 Å². The molecule has 4 nitrogen and oxygen atoms in total. The SMILES string of the molecule is CCC(CC)C(=O)/C=C(\O)C(CC)CC.Cc1[c-]c(-c2ncc(C(F)(F)F)c3c(C)c(-c4nc(CC(C)(C)C)cs4)sc23)cc(C)c1.[Ir]. The molecule has 0 unspecified atom stereocenters. The van der Waals surface area contributed by atoms with Crippen LogP contribution < -0.4 is 0 Å². The van der Waals surface area contributed by atoms with Crippen molar-refractivity contribution in [3.8, 4) is 21.1 Å². The van der Waals surface area contributed by atoms with Gasteiger partial charge in [-0.1, -0.05) is 62.3 Å². The number of allylic oxidation sites excluding steroid dienone is 2. The van der Waals surface area contributed by atoms with Gasteiger partial charge in [0.2, 0.25) is 0 Å². The molecule has 3 aromatic heterocycles. The Morgan fingerprint density at radius 2 is 1.60 bits per heavy atom. The fourth-order valence-corrected chi connectivity index (χ4v) is 8.01. The second kappa shape index (κ2) is 17.5. The zero-order chi connectivity index (χ0) is 35.3. The predicted molar refractivity (Wildman–Crippen MR) is 191 cm³/mol. The molecule has 3 heterocycles. The normalized spacial score (nSPS) is 12.4. The van der Waals surface area contributed by atoms with Gasteiger partial charge in [0.25, 0.3) is 0 Å². The zero-order valence-corrected chi connectivity index (χ0v) is 33.6. The number of hydrogen-bond donors (Lipinski definition) is 1. The smallest absolute Gasteiger partial charge is 0.418 e. The Hall–Kier alpha value is -2.39. The van der Waals surface area contributed by atoms with E-state index < -0.39 is 11.7 Å². The van der Waals surface area contributed by atoms with E-state index >= 15 is 0 Å². The van der Waals surface area contributed by atoms with Crippen LogP contribution in [0.15, 0.2) is 35.5 Å². The second-order valence-corrected chi connectivity index (χ2v) is 15.3. The third-order valence-electron chi connectivity index (χ3n) is 8.20. The molecule has 0 spiro atoms. The molecule has 0 saturated carbocycles. The Morgan fingerprint density at radius 3 is 2.12 bits per heavy atom. The first-order chi connectivity index (χ1) is 21.9. The minimum Gasteiger partial charge on any atom is -0.512 e. The predicted octanol–water partition coefficient (Wildman–Crippen LogP) is 12.3. The summed E-state index contributed by atoms with van der Waals surface area (Å²) in [7, 11) is 0. The number of aromatic nitrogens is 2. The molecule has 0 saturated heterocycles. The standard InChI is InChI=1S/C25H24F3N2S2.C13H24O2.Ir/c1-13-7-14(2)9-16(8-13)20-22-19(18(11-29-20)25(26,27)28)15(3)21(32-22)23-30-17(12-31-23)10-24(4,5)6;1-5-10(6-2)12(14)9-13(15)11(7-3)8-4;/h7-8,11-12H,10H2,1-6H3;9-11,14H,5-8H2,1-4H3;/q-1;;/b;12-9-;. The molecule has 0 aliphatic rings. The third-order valence-corrected chi connectivity index (χ3v) is 10.5. The molecule has 1 N–H and O–H groups in total. The number of hydrogen-bond acceptors (Lipinski definition) is 6. The second-order valence-electron chi connectivity index (χ2n) is 13.4. The molecule has 10 heteroatoms. The van der Waals surface area contributed by atoms with Gasteiger partial charge in [0.15, 0.2) is 5.78 Å². The van der Waals surface area contributed by atoms with Crippen LogP contribution >= 0.6 is 22.7 Å². The quantitative estimate of drug-likeness (QED) is 0.0979. The molecule has 0 amide bonds. The monoisotopic (exact) mass is 878 g/mol. The van der Waals surface area contributed by atoms with Crippen molar-refractivity contribution in [3.63, 3.8) is 0 Å². The summed E-state index contributed by atoms with van der Waals surface area (Å²) in [5, 5.41) is 12.7. The van der Waals surface area contributed by atoms with Gasteiger partial charge in [0.1, 0.15) is 5.01 Å². The van der Waals surface area contributed by atoms with E-state index in [4.69, 9.17) is 4.98 Å². The molecule has 0 fully saturated rings. The van der Waals surface area contributed by atoms with E-state index in [0.717, 1.165) is 65.0 Å². The summed E-state index contributed by atoms with van der Waals surface area (Å²) in [6.45, 7) is 20.1. The van der Waals surface area contributed by atoms with Crippen molar-refractivity contribution in [2.45, 2.75) is 108 Å². The van der Waals surface area contributed by atoms with Crippen LogP contribution in [-0.4, -0.2) is 20.9 Å². The van der Waals surface area contributed by atoms with Crippen LogP contribution in [0.4, 0.5) is 13.2 Å². The van der Waals surface area contributed by atoms with Crippen LogP contribution in [-0.2, 0) is 37.5 Å². The van der Waals surface area contributed by atoms with Gasteiger partial charge in [0, 0.05) is 65.4 Å². The molecule has 0 bridgehead atoms. The van der Waals surface area contributed by atoms with Crippen LogP contribution in [0.3, 0.4) is 0 Å². The average molecular weight is 878 g/mol. The first-order valence-corrected chi connectivity index (χ1v) is 18.0. The number of carbonyl (C=O) groups is 1. The number of fused-ring (bicyclic) bond motifs is 1. The van der Waals surface area contributed by atoms with E-state index in [1.54, 1.807) is 6.92 Å². The molecular formula is C38H48F3IrN2O2S2-. The summed E-state index contributed by atoms with van der Waals surface area (Å²) in [6, 6.07) is 7.17. The van der Waals surface area contributed by atoms with Gasteiger partial charge in [0.05, 0.1) is 21.9 Å². The average Bonchev–Trinajstić information content (AvgIpc) is 3.56. The minimum atomic E-state index is -4.49. The first-order valence-electron chi connectivity index (χ1n) is 16.3. The van der Waals surface area contributed by atoms with Gasteiger partial charge in [-0.05, 0) is 50.0 Å². The van der Waals surface area contributed by atoms with Gasteiger partial charge in [-0.3, -0.25) is 4.79 Å². The largest absolute Gasteiger partial charge is 0.512 e. The number of alkyl halides is 3. The van der Waals surface area contributed by atoms with Gasteiger partial charge in [-0.15, -0.1) is 57.6 Å². The number of halogens is 3. The van der Waals surface area contributed by atoms with Crippen LogP contribution in [0, 0.1) is 44.1 Å². The Labute approximate surface area is 305 Å². The van der Waals surface area contributed by atoms with E-state index in [2.05, 4.69) is 31.8 Å². The molecule has 4 rings (SSSR count). The Morgan fingerprint density at radius 1 is 1.00 bits per heavy atom. The molecule has 0 aliphatic heterocycles. The van der Waals surface area contributed by atoms with E-state index in [1.807, 2.05) is 59.1 Å². The van der Waals surface area contributed by atoms with E-state index in [9.17, 15) is 23.1 Å². The van der Waals surface area contributed by atoms with Gasteiger partial charge in [-0.2, -0.15) is 13.2 Å². The van der Waals surface area contributed by atoms with Crippen molar-refractivity contribution in [2.75, 3.05) is 0 Å². The van der Waals surface area contributed by atoms with Crippen molar-refractivity contribution in [2.24, 2.45) is 17.3 Å². The Kier molecular flexibility index (Phi) is 15.2. The van der Waals surface area contributed by atoms with Gasteiger partial charge < -0.3 is 10.1 Å². The van der Waals surface area contributed by atoms with Gasteiger partial charge >= 0.3 is 6.18 Å². The van der Waals surface area contributed by atoms with Crippen molar-refractivity contribution in [3.05, 3.63) is 69.6 Å². The number of aryl methyl sites for hydroxylation is 3. The number of ketones is 1. The summed E-state index contributed by atoms with van der Waals surface area (Å²) < 4.78 is 42.2. The molecule has 0 aliphatic carbocycles. The molecular weight excluding hydrogens is 830 g/mol. The first kappa shape index (κ1) is 41.8. The number of thiazole rings is 1. The summed E-state index contributed by atoms with van der Waals surface area (Å²) in [4.78, 5) is 21.5. The van der Waals surface area contributed by atoms with Crippen molar-refractivity contribution in [1.29, 1.82) is 0 Å². The summed E-state index contributed by atoms with van der Waals surface area (Å²) in [6.07, 6.45) is 2.19. The Balaban J connectivity index is 0.000000427. The minimum absolute atomic E-state index is 0. The van der Waals surface area contributed by atoms with Crippen molar-refractivity contribution in [1.82, 2.24) is 9.97 Å². The number of aliphatic hydroxyl groups is 1. The maximum absolute atomic E-state index is 13.9. The van der Waals surface area contributed by atoms with Crippen LogP contribution in [0.5, 0.6) is 0 Å². The molecule has 1 aromatic carbocycles. The fourth-order valence-electron chi connectivity index (χ4n) is 5.71. The number of benzene rings is 1. The molecule has 265 valence electrons. The summed E-state index contributed by atoms with van der Waals surface area (Å²) >= 11 is 2.82. The number of aliphatic hydroxyl groups excluding tert-OH is 1. The molecule has 1 radical (unpaired) electrons. The van der Waals surface area contributed by atoms with E-state index in [-0.39, 0.29) is 54.3 Å². The summed E-state index contributed by atoms with van der Waals surface area (Å²) in [5.41, 5.74) is 4.13. The fraction of sp³-hybridized carbons (Fsp3) is 0.500. The van der Waals surface area contributed by atoms with Crippen molar-refractivity contribution < 1.29 is 43.2 Å².